The number of carbonyl (C=O) groups excluding carboxylic acids is 1. The number of hydrogen-bond acceptors (Lipinski definition) is 4. The zero-order chi connectivity index (χ0) is 20.2. The first-order valence-electron chi connectivity index (χ1n) is 9.31. The lowest BCUT2D eigenvalue weighted by atomic mass is 10.2. The summed E-state index contributed by atoms with van der Waals surface area (Å²) in [6.45, 7) is 2.21. The van der Waals surface area contributed by atoms with Gasteiger partial charge in [-0.25, -0.2) is 13.5 Å². The number of rotatable bonds is 5. The van der Waals surface area contributed by atoms with E-state index in [1.165, 1.54) is 35.0 Å². The highest BCUT2D eigenvalue weighted by Crippen LogP contribution is 2.20. The maximum absolute atomic E-state index is 13.9. The third-order valence-corrected chi connectivity index (χ3v) is 4.80. The van der Waals surface area contributed by atoms with E-state index in [9.17, 15) is 13.6 Å². The number of piperazine rings is 1. The van der Waals surface area contributed by atoms with Crippen molar-refractivity contribution in [2.75, 3.05) is 31.1 Å². The predicted octanol–water partition coefficient (Wildman–Crippen LogP) is 3.16. The Labute approximate surface area is 166 Å². The summed E-state index contributed by atoms with van der Waals surface area (Å²) in [4.78, 5) is 16.4. The van der Waals surface area contributed by atoms with E-state index < -0.39 is 0 Å². The van der Waals surface area contributed by atoms with E-state index in [1.807, 2.05) is 4.90 Å². The molecular weight excluding hydrogens is 378 g/mol. The Bertz CT molecular complexity index is 982. The highest BCUT2D eigenvalue weighted by molar-refractivity contribution is 5.92. The average molecular weight is 398 g/mol. The zero-order valence-electron chi connectivity index (χ0n) is 15.7. The maximum atomic E-state index is 13.9. The van der Waals surface area contributed by atoms with Gasteiger partial charge >= 0.3 is 0 Å². The Morgan fingerprint density at radius 3 is 2.41 bits per heavy atom. The van der Waals surface area contributed by atoms with E-state index in [-0.39, 0.29) is 24.3 Å². The number of amides is 1. The minimum Gasteiger partial charge on any atom is -0.471 e. The van der Waals surface area contributed by atoms with E-state index >= 15 is 0 Å². The molecule has 0 radical (unpaired) electrons. The first-order valence-corrected chi connectivity index (χ1v) is 9.31. The van der Waals surface area contributed by atoms with Gasteiger partial charge in [0, 0.05) is 32.4 Å². The van der Waals surface area contributed by atoms with Crippen LogP contribution in [0.3, 0.4) is 0 Å². The third-order valence-electron chi connectivity index (χ3n) is 4.80. The summed E-state index contributed by atoms with van der Waals surface area (Å²) >= 11 is 0. The van der Waals surface area contributed by atoms with Crippen LogP contribution in [0.25, 0.3) is 0 Å². The van der Waals surface area contributed by atoms with Crippen LogP contribution in [0, 0.1) is 11.6 Å². The molecule has 1 aliphatic heterocycles. The number of benzene rings is 2. The van der Waals surface area contributed by atoms with Crippen LogP contribution >= 0.6 is 0 Å². The third kappa shape index (κ3) is 4.37. The molecule has 1 saturated heterocycles. The van der Waals surface area contributed by atoms with Crippen molar-refractivity contribution in [3.8, 4) is 5.75 Å². The van der Waals surface area contributed by atoms with Gasteiger partial charge in [-0.3, -0.25) is 4.79 Å². The molecule has 6 nitrogen and oxygen atoms in total. The number of anilines is 1. The van der Waals surface area contributed by atoms with Gasteiger partial charge in [0.25, 0.3) is 5.91 Å². The van der Waals surface area contributed by atoms with Gasteiger partial charge in [0.1, 0.15) is 17.4 Å². The molecule has 2 heterocycles. The second kappa shape index (κ2) is 8.30. The molecule has 1 amide bonds. The van der Waals surface area contributed by atoms with Crippen LogP contribution in [0.4, 0.5) is 14.5 Å². The first kappa shape index (κ1) is 18.9. The fraction of sp³-hybridized carbons (Fsp3) is 0.238. The van der Waals surface area contributed by atoms with Crippen LogP contribution in [0.1, 0.15) is 10.5 Å². The normalized spacial score (nSPS) is 14.1. The minimum atomic E-state index is -0.334. The number of ether oxygens (including phenoxy) is 1. The van der Waals surface area contributed by atoms with Gasteiger partial charge in [0.15, 0.2) is 12.4 Å². The fourth-order valence-electron chi connectivity index (χ4n) is 3.24. The topological polar surface area (TPSA) is 50.6 Å². The average Bonchev–Trinajstić information content (AvgIpc) is 3.22. The van der Waals surface area contributed by atoms with Gasteiger partial charge in [-0.1, -0.05) is 12.1 Å². The van der Waals surface area contributed by atoms with Crippen LogP contribution < -0.4 is 9.64 Å². The standard InChI is InChI=1S/C21H20F2N4O2/c22-16-5-7-17(8-6-16)29-15-27-10-9-19(24-27)21(28)26-13-11-25(12-14-26)20-4-2-1-3-18(20)23/h1-10H,11-15H2. The smallest absolute Gasteiger partial charge is 0.274 e. The Morgan fingerprint density at radius 1 is 0.966 bits per heavy atom. The molecule has 0 atom stereocenters. The molecule has 8 heteroatoms. The fourth-order valence-corrected chi connectivity index (χ4v) is 3.24. The first-order chi connectivity index (χ1) is 14.1. The molecule has 1 fully saturated rings. The number of halogens is 2. The zero-order valence-corrected chi connectivity index (χ0v) is 15.7. The summed E-state index contributed by atoms with van der Waals surface area (Å²) in [6, 6.07) is 14.0. The monoisotopic (exact) mass is 398 g/mol. The number of aromatic nitrogens is 2. The van der Waals surface area contributed by atoms with E-state index in [1.54, 1.807) is 35.4 Å². The summed E-state index contributed by atoms with van der Waals surface area (Å²) in [6.07, 6.45) is 1.66. The molecule has 0 bridgehead atoms. The lowest BCUT2D eigenvalue weighted by Gasteiger charge is -2.35. The summed E-state index contributed by atoms with van der Waals surface area (Å²) in [5.41, 5.74) is 0.883. The SMILES string of the molecule is O=C(c1ccn(COc2ccc(F)cc2)n1)N1CCN(c2ccccc2F)CC1. The van der Waals surface area contributed by atoms with Crippen molar-refractivity contribution in [2.45, 2.75) is 6.73 Å². The maximum Gasteiger partial charge on any atom is 0.274 e. The van der Waals surface area contributed by atoms with Crippen molar-refractivity contribution < 1.29 is 18.3 Å². The van der Waals surface area contributed by atoms with Crippen molar-refractivity contribution >= 4 is 11.6 Å². The van der Waals surface area contributed by atoms with E-state index in [0.29, 0.717) is 43.3 Å². The molecule has 1 aromatic heterocycles. The minimum absolute atomic E-state index is 0.111. The number of para-hydroxylation sites is 1. The molecule has 0 spiro atoms. The molecule has 0 saturated carbocycles. The molecule has 150 valence electrons. The second-order valence-electron chi connectivity index (χ2n) is 6.70. The van der Waals surface area contributed by atoms with Crippen LogP contribution in [-0.4, -0.2) is 46.8 Å². The Hall–Kier alpha value is -3.42. The van der Waals surface area contributed by atoms with E-state index in [2.05, 4.69) is 5.10 Å². The molecular formula is C21H20F2N4O2. The Balaban J connectivity index is 1.32. The highest BCUT2D eigenvalue weighted by atomic mass is 19.1. The van der Waals surface area contributed by atoms with Gasteiger partial charge in [-0.15, -0.1) is 0 Å². The van der Waals surface area contributed by atoms with Crippen molar-refractivity contribution in [1.82, 2.24) is 14.7 Å². The molecule has 2 aromatic carbocycles. The molecule has 4 rings (SSSR count). The lowest BCUT2D eigenvalue weighted by Crippen LogP contribution is -2.49. The molecule has 3 aromatic rings. The molecule has 0 aliphatic carbocycles. The summed E-state index contributed by atoms with van der Waals surface area (Å²) in [5.74, 6) is -0.246. The molecule has 29 heavy (non-hydrogen) atoms. The number of nitrogens with zero attached hydrogens (tertiary/aromatic N) is 4. The summed E-state index contributed by atoms with van der Waals surface area (Å²) in [7, 11) is 0. The van der Waals surface area contributed by atoms with Crippen LogP contribution in [0.2, 0.25) is 0 Å². The largest absolute Gasteiger partial charge is 0.471 e. The number of carbonyl (C=O) groups is 1. The van der Waals surface area contributed by atoms with E-state index in [0.717, 1.165) is 0 Å². The Kier molecular flexibility index (Phi) is 5.41. The van der Waals surface area contributed by atoms with Crippen molar-refractivity contribution in [3.05, 3.63) is 78.1 Å². The van der Waals surface area contributed by atoms with Gasteiger partial charge in [0.2, 0.25) is 0 Å². The van der Waals surface area contributed by atoms with Gasteiger partial charge < -0.3 is 14.5 Å². The highest BCUT2D eigenvalue weighted by Gasteiger charge is 2.24. The van der Waals surface area contributed by atoms with Crippen LogP contribution in [0.15, 0.2) is 60.8 Å². The lowest BCUT2D eigenvalue weighted by molar-refractivity contribution is 0.0738. The van der Waals surface area contributed by atoms with Crippen molar-refractivity contribution in [3.63, 3.8) is 0 Å². The summed E-state index contributed by atoms with van der Waals surface area (Å²) < 4.78 is 33.9. The van der Waals surface area contributed by atoms with E-state index in [4.69, 9.17) is 4.74 Å². The van der Waals surface area contributed by atoms with Crippen molar-refractivity contribution in [2.24, 2.45) is 0 Å². The van der Waals surface area contributed by atoms with Gasteiger partial charge in [-0.2, -0.15) is 5.10 Å². The van der Waals surface area contributed by atoms with Crippen molar-refractivity contribution in [1.29, 1.82) is 0 Å². The quantitative estimate of drug-likeness (QED) is 0.663. The molecule has 0 unspecified atom stereocenters. The second-order valence-corrected chi connectivity index (χ2v) is 6.70. The van der Waals surface area contributed by atoms with Crippen LogP contribution in [-0.2, 0) is 6.73 Å². The number of hydrogen-bond donors (Lipinski definition) is 0. The van der Waals surface area contributed by atoms with Gasteiger partial charge in [-0.05, 0) is 42.5 Å². The summed E-state index contributed by atoms with van der Waals surface area (Å²) in [5, 5.41) is 4.26. The molecule has 1 aliphatic rings. The predicted molar refractivity (Wildman–Crippen MR) is 104 cm³/mol. The van der Waals surface area contributed by atoms with Crippen LogP contribution in [0.5, 0.6) is 5.75 Å². The Morgan fingerprint density at radius 2 is 1.69 bits per heavy atom. The molecule has 0 N–H and O–H groups in total. The van der Waals surface area contributed by atoms with Gasteiger partial charge in [0.05, 0.1) is 5.69 Å².